The molecule has 0 spiro atoms. The molecule has 0 radical (unpaired) electrons. The summed E-state index contributed by atoms with van der Waals surface area (Å²) in [6.45, 7) is 4.87. The molecule has 0 saturated heterocycles. The number of fused-ring (bicyclic) bond motifs is 1. The minimum atomic E-state index is 0.402. The van der Waals surface area contributed by atoms with Crippen LogP contribution in [0.1, 0.15) is 55.3 Å². The van der Waals surface area contributed by atoms with Gasteiger partial charge in [-0.15, -0.1) is 0 Å². The topological polar surface area (TPSA) is 56.7 Å². The monoisotopic (exact) mass is 270 g/mol. The van der Waals surface area contributed by atoms with Crippen LogP contribution in [0.5, 0.6) is 0 Å². The van der Waals surface area contributed by atoms with Gasteiger partial charge >= 0.3 is 0 Å². The van der Waals surface area contributed by atoms with Crippen molar-refractivity contribution in [3.05, 3.63) is 41.1 Å². The summed E-state index contributed by atoms with van der Waals surface area (Å²) >= 11 is 0. The maximum Gasteiger partial charge on any atom is 0.138 e. The van der Waals surface area contributed by atoms with Gasteiger partial charge in [0, 0.05) is 17.9 Å². The summed E-state index contributed by atoms with van der Waals surface area (Å²) in [5, 5.41) is 0. The van der Waals surface area contributed by atoms with E-state index in [-0.39, 0.29) is 0 Å². The van der Waals surface area contributed by atoms with Gasteiger partial charge in [-0.25, -0.2) is 9.97 Å². The normalized spacial score (nSPS) is 14.6. The lowest BCUT2D eigenvalue weighted by atomic mass is 10.0. The average molecular weight is 270 g/mol. The quantitative estimate of drug-likeness (QED) is 0.933. The van der Waals surface area contributed by atoms with Crippen molar-refractivity contribution in [2.24, 2.45) is 5.73 Å². The van der Waals surface area contributed by atoms with E-state index in [1.807, 2.05) is 6.33 Å². The summed E-state index contributed by atoms with van der Waals surface area (Å²) in [7, 11) is 0. The molecule has 0 bridgehead atoms. The third-order valence-electron chi connectivity index (χ3n) is 4.00. The molecule has 0 saturated carbocycles. The highest BCUT2D eigenvalue weighted by atomic mass is 15.1. The lowest BCUT2D eigenvalue weighted by Crippen LogP contribution is -2.10. The zero-order chi connectivity index (χ0) is 14.1. The molecule has 0 amide bonds. The molecule has 2 heterocycles. The van der Waals surface area contributed by atoms with Crippen molar-refractivity contribution in [2.45, 2.75) is 52.0 Å². The Labute approximate surface area is 120 Å². The first-order valence-electron chi connectivity index (χ1n) is 7.45. The zero-order valence-corrected chi connectivity index (χ0v) is 12.3. The number of nitrogens with two attached hydrogens (primary N) is 1. The van der Waals surface area contributed by atoms with Crippen molar-refractivity contribution in [3.8, 4) is 5.82 Å². The Morgan fingerprint density at radius 1 is 1.25 bits per heavy atom. The van der Waals surface area contributed by atoms with Crippen LogP contribution in [0, 0.1) is 0 Å². The molecule has 3 rings (SSSR count). The van der Waals surface area contributed by atoms with Crippen LogP contribution in [-0.4, -0.2) is 14.5 Å². The van der Waals surface area contributed by atoms with E-state index in [0.29, 0.717) is 12.5 Å². The van der Waals surface area contributed by atoms with Gasteiger partial charge < -0.3 is 5.73 Å². The number of hydrogen-bond donors (Lipinski definition) is 1. The van der Waals surface area contributed by atoms with E-state index in [1.54, 1.807) is 0 Å². The summed E-state index contributed by atoms with van der Waals surface area (Å²) in [6.07, 6.45) is 6.60. The van der Waals surface area contributed by atoms with Crippen LogP contribution in [0.15, 0.2) is 18.5 Å². The van der Waals surface area contributed by atoms with Gasteiger partial charge in [0.2, 0.25) is 0 Å². The Bertz CT molecular complexity index is 613. The van der Waals surface area contributed by atoms with Gasteiger partial charge in [0.15, 0.2) is 0 Å². The van der Waals surface area contributed by atoms with Crippen LogP contribution in [0.25, 0.3) is 5.82 Å². The van der Waals surface area contributed by atoms with Crippen molar-refractivity contribution >= 4 is 0 Å². The van der Waals surface area contributed by atoms with E-state index in [2.05, 4.69) is 35.5 Å². The molecule has 0 fully saturated rings. The first-order valence-corrected chi connectivity index (χ1v) is 7.45. The van der Waals surface area contributed by atoms with E-state index < -0.39 is 0 Å². The predicted octanol–water partition coefficient (Wildman–Crippen LogP) is 2.73. The molecular formula is C16H22N4. The summed E-state index contributed by atoms with van der Waals surface area (Å²) < 4.78 is 2.15. The number of aryl methyl sites for hydroxylation is 1. The molecule has 4 heteroatoms. The maximum atomic E-state index is 5.83. The molecule has 20 heavy (non-hydrogen) atoms. The third kappa shape index (κ3) is 2.36. The SMILES string of the molecule is CC(C)c1cc(CN)cc(-n2cnc3c2CCCC3)n1. The van der Waals surface area contributed by atoms with E-state index in [4.69, 9.17) is 10.7 Å². The highest BCUT2D eigenvalue weighted by molar-refractivity contribution is 5.35. The van der Waals surface area contributed by atoms with Gasteiger partial charge in [-0.05, 0) is 49.3 Å². The lowest BCUT2D eigenvalue weighted by molar-refractivity contribution is 0.653. The fourth-order valence-corrected chi connectivity index (χ4v) is 2.80. The summed E-state index contributed by atoms with van der Waals surface area (Å²) in [5.74, 6) is 1.37. The van der Waals surface area contributed by atoms with E-state index in [0.717, 1.165) is 29.9 Å². The highest BCUT2D eigenvalue weighted by Crippen LogP contribution is 2.24. The Balaban J connectivity index is 2.09. The van der Waals surface area contributed by atoms with Gasteiger partial charge in [0.25, 0.3) is 0 Å². The minimum Gasteiger partial charge on any atom is -0.326 e. The molecule has 1 aliphatic rings. The van der Waals surface area contributed by atoms with Gasteiger partial charge in [-0.3, -0.25) is 4.57 Å². The van der Waals surface area contributed by atoms with Crippen molar-refractivity contribution in [2.75, 3.05) is 0 Å². The van der Waals surface area contributed by atoms with Crippen molar-refractivity contribution in [1.29, 1.82) is 0 Å². The summed E-state index contributed by atoms with van der Waals surface area (Å²) in [5.41, 5.74) is 10.6. The number of aromatic nitrogens is 3. The largest absolute Gasteiger partial charge is 0.326 e. The Morgan fingerprint density at radius 2 is 2.05 bits per heavy atom. The molecule has 0 unspecified atom stereocenters. The maximum absolute atomic E-state index is 5.83. The fourth-order valence-electron chi connectivity index (χ4n) is 2.80. The third-order valence-corrected chi connectivity index (χ3v) is 4.00. The van der Waals surface area contributed by atoms with Crippen molar-refractivity contribution < 1.29 is 0 Å². The number of pyridine rings is 1. The molecule has 2 aromatic heterocycles. The summed E-state index contributed by atoms with van der Waals surface area (Å²) in [4.78, 5) is 9.35. The Morgan fingerprint density at radius 3 is 2.80 bits per heavy atom. The van der Waals surface area contributed by atoms with Crippen LogP contribution in [0.3, 0.4) is 0 Å². The minimum absolute atomic E-state index is 0.402. The molecule has 2 aromatic rings. The van der Waals surface area contributed by atoms with Gasteiger partial charge in [0.05, 0.1) is 5.69 Å². The van der Waals surface area contributed by atoms with E-state index in [9.17, 15) is 0 Å². The van der Waals surface area contributed by atoms with E-state index >= 15 is 0 Å². The predicted molar refractivity (Wildman–Crippen MR) is 80.0 cm³/mol. The first-order chi connectivity index (χ1) is 9.69. The van der Waals surface area contributed by atoms with Crippen LogP contribution in [-0.2, 0) is 19.4 Å². The first kappa shape index (κ1) is 13.3. The molecule has 4 nitrogen and oxygen atoms in total. The van der Waals surface area contributed by atoms with Gasteiger partial charge in [-0.1, -0.05) is 13.8 Å². The number of nitrogens with zero attached hydrogens (tertiary/aromatic N) is 3. The highest BCUT2D eigenvalue weighted by Gasteiger charge is 2.17. The number of imidazole rings is 1. The second kappa shape index (κ2) is 5.37. The summed E-state index contributed by atoms with van der Waals surface area (Å²) in [6, 6.07) is 4.19. The fraction of sp³-hybridized carbons (Fsp3) is 0.500. The van der Waals surface area contributed by atoms with Crippen LogP contribution >= 0.6 is 0 Å². The Kier molecular flexibility index (Phi) is 3.57. The zero-order valence-electron chi connectivity index (χ0n) is 12.3. The van der Waals surface area contributed by atoms with Crippen molar-refractivity contribution in [1.82, 2.24) is 14.5 Å². The molecular weight excluding hydrogens is 248 g/mol. The van der Waals surface area contributed by atoms with Gasteiger partial charge in [0.1, 0.15) is 12.1 Å². The molecule has 0 aliphatic heterocycles. The van der Waals surface area contributed by atoms with Crippen molar-refractivity contribution in [3.63, 3.8) is 0 Å². The van der Waals surface area contributed by atoms with E-state index in [1.165, 1.54) is 24.2 Å². The standard InChI is InChI=1S/C16H22N4/c1-11(2)14-7-12(9-17)8-16(19-14)20-10-18-13-5-3-4-6-15(13)20/h7-8,10-11H,3-6,9,17H2,1-2H3. The molecule has 0 aromatic carbocycles. The number of rotatable bonds is 3. The smallest absolute Gasteiger partial charge is 0.138 e. The second-order valence-electron chi connectivity index (χ2n) is 5.83. The molecule has 1 aliphatic carbocycles. The number of hydrogen-bond acceptors (Lipinski definition) is 3. The Hall–Kier alpha value is -1.68. The average Bonchev–Trinajstić information content (AvgIpc) is 2.90. The van der Waals surface area contributed by atoms with Crippen LogP contribution in [0.2, 0.25) is 0 Å². The van der Waals surface area contributed by atoms with Crippen LogP contribution < -0.4 is 5.73 Å². The lowest BCUT2D eigenvalue weighted by Gasteiger charge is -2.15. The molecule has 106 valence electrons. The van der Waals surface area contributed by atoms with Gasteiger partial charge in [-0.2, -0.15) is 0 Å². The molecule has 2 N–H and O–H groups in total. The molecule has 0 atom stereocenters. The van der Waals surface area contributed by atoms with Crippen LogP contribution in [0.4, 0.5) is 0 Å². The second-order valence-corrected chi connectivity index (χ2v) is 5.83.